The number of carbonyl (C=O) groups excluding carboxylic acids is 2. The van der Waals surface area contributed by atoms with Crippen LogP contribution in [-0.2, 0) is 9.53 Å². The number of para-hydroxylation sites is 1. The number of carbonyl (C=O) groups is 2. The van der Waals surface area contributed by atoms with Gasteiger partial charge in [-0.2, -0.15) is 0 Å². The predicted molar refractivity (Wildman–Crippen MR) is 86.6 cm³/mol. The van der Waals surface area contributed by atoms with Crippen LogP contribution in [0.25, 0.3) is 0 Å². The maximum absolute atomic E-state index is 13.6. The first kappa shape index (κ1) is 18.6. The van der Waals surface area contributed by atoms with Gasteiger partial charge in [0.25, 0.3) is 11.6 Å². The molecule has 2 N–H and O–H groups in total. The lowest BCUT2D eigenvalue weighted by molar-refractivity contribution is -0.384. The van der Waals surface area contributed by atoms with Crippen molar-refractivity contribution in [1.29, 1.82) is 0 Å². The van der Waals surface area contributed by atoms with Gasteiger partial charge < -0.3 is 19.9 Å². The van der Waals surface area contributed by atoms with E-state index in [-0.39, 0.29) is 11.3 Å². The number of phenolic OH excluding ortho intramolecular Hbond substituents is 1. The van der Waals surface area contributed by atoms with Crippen molar-refractivity contribution in [3.05, 3.63) is 57.9 Å². The maximum atomic E-state index is 13.6. The van der Waals surface area contributed by atoms with E-state index < -0.39 is 46.3 Å². The molecule has 2 rings (SSSR count). The van der Waals surface area contributed by atoms with E-state index in [9.17, 15) is 29.2 Å². The number of benzene rings is 2. The molecule has 0 heterocycles. The lowest BCUT2D eigenvalue weighted by atomic mass is 10.2. The van der Waals surface area contributed by atoms with Crippen LogP contribution < -0.4 is 10.1 Å². The largest absolute Gasteiger partial charge is 0.504 e. The molecule has 0 aliphatic carbocycles. The summed E-state index contributed by atoms with van der Waals surface area (Å²) in [6.45, 7) is -0.794. The number of ether oxygens (including phenoxy) is 2. The first-order valence-corrected chi connectivity index (χ1v) is 7.10. The number of esters is 1. The minimum atomic E-state index is -1.00. The number of methoxy groups -OCH3 is 1. The SMILES string of the molecule is COc1cccc(C(=O)OCC(=O)Nc2cc([N+](=O)[O-])ccc2F)c1O. The van der Waals surface area contributed by atoms with E-state index in [1.54, 1.807) is 0 Å². The number of non-ortho nitro benzene ring substituents is 1. The van der Waals surface area contributed by atoms with Gasteiger partial charge in [0.2, 0.25) is 0 Å². The smallest absolute Gasteiger partial charge is 0.342 e. The third-order valence-electron chi connectivity index (χ3n) is 3.21. The molecule has 0 radical (unpaired) electrons. The standard InChI is InChI=1S/C16H13FN2O7/c1-25-13-4-2-3-10(15(13)21)16(22)26-8-14(20)18-12-7-9(19(23)24)5-6-11(12)17/h2-7,21H,8H2,1H3,(H,18,20). The van der Waals surface area contributed by atoms with Gasteiger partial charge in [-0.1, -0.05) is 6.07 Å². The Morgan fingerprint density at radius 2 is 2.04 bits per heavy atom. The van der Waals surface area contributed by atoms with Crippen molar-refractivity contribution in [3.63, 3.8) is 0 Å². The van der Waals surface area contributed by atoms with Crippen LogP contribution in [0.4, 0.5) is 15.8 Å². The number of halogens is 1. The van der Waals surface area contributed by atoms with E-state index in [1.807, 2.05) is 0 Å². The zero-order chi connectivity index (χ0) is 19.3. The monoisotopic (exact) mass is 364 g/mol. The molecule has 2 aromatic carbocycles. The molecule has 10 heteroatoms. The quantitative estimate of drug-likeness (QED) is 0.457. The summed E-state index contributed by atoms with van der Waals surface area (Å²) in [5, 5.41) is 22.6. The van der Waals surface area contributed by atoms with Gasteiger partial charge in [-0.15, -0.1) is 0 Å². The number of nitro groups is 1. The predicted octanol–water partition coefficient (Wildman–Crippen LogP) is 2.24. The Morgan fingerprint density at radius 3 is 2.69 bits per heavy atom. The van der Waals surface area contributed by atoms with Gasteiger partial charge in [0.15, 0.2) is 18.1 Å². The van der Waals surface area contributed by atoms with Gasteiger partial charge in [0, 0.05) is 12.1 Å². The highest BCUT2D eigenvalue weighted by Crippen LogP contribution is 2.29. The Morgan fingerprint density at radius 1 is 1.31 bits per heavy atom. The van der Waals surface area contributed by atoms with Gasteiger partial charge in [0.1, 0.15) is 11.4 Å². The van der Waals surface area contributed by atoms with Crippen molar-refractivity contribution in [3.8, 4) is 11.5 Å². The van der Waals surface area contributed by atoms with Gasteiger partial charge in [-0.05, 0) is 18.2 Å². The van der Waals surface area contributed by atoms with Gasteiger partial charge in [-0.3, -0.25) is 14.9 Å². The molecule has 2 aromatic rings. The van der Waals surface area contributed by atoms with E-state index in [1.165, 1.54) is 25.3 Å². The molecule has 0 aliphatic rings. The number of nitrogens with one attached hydrogen (secondary N) is 1. The van der Waals surface area contributed by atoms with Crippen molar-refractivity contribution in [1.82, 2.24) is 0 Å². The van der Waals surface area contributed by atoms with E-state index in [0.717, 1.165) is 18.2 Å². The van der Waals surface area contributed by atoms with Gasteiger partial charge in [0.05, 0.1) is 17.7 Å². The molecule has 0 aliphatic heterocycles. The number of nitro benzene ring substituents is 1. The summed E-state index contributed by atoms with van der Waals surface area (Å²) in [4.78, 5) is 33.6. The highest BCUT2D eigenvalue weighted by Gasteiger charge is 2.18. The van der Waals surface area contributed by atoms with E-state index >= 15 is 0 Å². The third kappa shape index (κ3) is 4.23. The Balaban J connectivity index is 2.02. The molecule has 0 spiro atoms. The molecule has 0 saturated heterocycles. The lowest BCUT2D eigenvalue weighted by Crippen LogP contribution is -2.21. The van der Waals surface area contributed by atoms with E-state index in [2.05, 4.69) is 5.32 Å². The lowest BCUT2D eigenvalue weighted by Gasteiger charge is -2.09. The molecule has 9 nitrogen and oxygen atoms in total. The zero-order valence-electron chi connectivity index (χ0n) is 13.4. The van der Waals surface area contributed by atoms with Crippen molar-refractivity contribution in [2.75, 3.05) is 19.0 Å². The minimum Gasteiger partial charge on any atom is -0.504 e. The molecule has 0 atom stereocenters. The molecule has 26 heavy (non-hydrogen) atoms. The number of amides is 1. The molecule has 136 valence electrons. The normalized spacial score (nSPS) is 10.1. The highest BCUT2D eigenvalue weighted by molar-refractivity contribution is 5.97. The molecular formula is C16H13FN2O7. The second-order valence-corrected chi connectivity index (χ2v) is 4.90. The molecule has 0 bridgehead atoms. The number of anilines is 1. The molecule has 0 saturated carbocycles. The number of phenols is 1. The Bertz CT molecular complexity index is 870. The second kappa shape index (κ2) is 7.92. The highest BCUT2D eigenvalue weighted by atomic mass is 19.1. The second-order valence-electron chi connectivity index (χ2n) is 4.90. The fourth-order valence-corrected chi connectivity index (χ4v) is 1.97. The van der Waals surface area contributed by atoms with Crippen LogP contribution in [-0.4, -0.2) is 35.6 Å². The molecule has 0 fully saturated rings. The number of aromatic hydroxyl groups is 1. The van der Waals surface area contributed by atoms with Crippen molar-refractivity contribution >= 4 is 23.3 Å². The van der Waals surface area contributed by atoms with Crippen LogP contribution in [0.3, 0.4) is 0 Å². The maximum Gasteiger partial charge on any atom is 0.342 e. The first-order chi connectivity index (χ1) is 12.3. The van der Waals surface area contributed by atoms with Crippen LogP contribution in [0.1, 0.15) is 10.4 Å². The fourth-order valence-electron chi connectivity index (χ4n) is 1.97. The van der Waals surface area contributed by atoms with Gasteiger partial charge >= 0.3 is 5.97 Å². The minimum absolute atomic E-state index is 0.0440. The number of hydrogen-bond acceptors (Lipinski definition) is 7. The summed E-state index contributed by atoms with van der Waals surface area (Å²) in [5.41, 5.74) is -1.07. The topological polar surface area (TPSA) is 128 Å². The van der Waals surface area contributed by atoms with Gasteiger partial charge in [-0.25, -0.2) is 9.18 Å². The van der Waals surface area contributed by atoms with Crippen LogP contribution in [0.15, 0.2) is 36.4 Å². The summed E-state index contributed by atoms with van der Waals surface area (Å²) in [6, 6.07) is 6.73. The summed E-state index contributed by atoms with van der Waals surface area (Å²) in [6.07, 6.45) is 0. The molecule has 1 amide bonds. The van der Waals surface area contributed by atoms with Crippen molar-refractivity contribution in [2.45, 2.75) is 0 Å². The average molecular weight is 364 g/mol. The third-order valence-corrected chi connectivity index (χ3v) is 3.21. The summed E-state index contributed by atoms with van der Waals surface area (Å²) >= 11 is 0. The average Bonchev–Trinajstić information content (AvgIpc) is 2.61. The molecular weight excluding hydrogens is 351 g/mol. The Labute approximate surface area is 146 Å². The summed E-state index contributed by atoms with van der Waals surface area (Å²) < 4.78 is 23.2. The van der Waals surface area contributed by atoms with Crippen molar-refractivity contribution in [2.24, 2.45) is 0 Å². The van der Waals surface area contributed by atoms with E-state index in [4.69, 9.17) is 9.47 Å². The van der Waals surface area contributed by atoms with Crippen LogP contribution in [0, 0.1) is 15.9 Å². The summed E-state index contributed by atoms with van der Waals surface area (Å²) in [7, 11) is 1.30. The van der Waals surface area contributed by atoms with Crippen LogP contribution >= 0.6 is 0 Å². The Hall–Kier alpha value is -3.69. The van der Waals surface area contributed by atoms with Crippen molar-refractivity contribution < 1.29 is 33.5 Å². The Kier molecular flexibility index (Phi) is 5.68. The molecule has 0 aromatic heterocycles. The van der Waals surface area contributed by atoms with Crippen LogP contribution in [0.5, 0.6) is 11.5 Å². The van der Waals surface area contributed by atoms with Crippen LogP contribution in [0.2, 0.25) is 0 Å². The number of rotatable bonds is 6. The van der Waals surface area contributed by atoms with E-state index in [0.29, 0.717) is 0 Å². The number of nitrogens with zero attached hydrogens (tertiary/aromatic N) is 1. The molecule has 0 unspecified atom stereocenters. The zero-order valence-corrected chi connectivity index (χ0v) is 13.4. The fraction of sp³-hybridized carbons (Fsp3) is 0.125. The number of hydrogen-bond donors (Lipinski definition) is 2. The summed E-state index contributed by atoms with van der Waals surface area (Å²) in [5.74, 6) is -3.22. The first-order valence-electron chi connectivity index (χ1n) is 7.10.